The second kappa shape index (κ2) is 6.10. The molecule has 0 aromatic heterocycles. The van der Waals surface area contributed by atoms with Crippen molar-refractivity contribution in [1.82, 2.24) is 5.32 Å². The van der Waals surface area contributed by atoms with Gasteiger partial charge in [-0.25, -0.2) is 0 Å². The monoisotopic (exact) mass is 259 g/mol. The number of aliphatic hydroxyl groups excluding tert-OH is 1. The number of rotatable bonds is 3. The number of nitrogens with one attached hydrogen (secondary N) is 1. The predicted octanol–water partition coefficient (Wildman–Crippen LogP) is 1.30. The minimum absolute atomic E-state index is 0. The van der Waals surface area contributed by atoms with Crippen molar-refractivity contribution in [2.45, 2.75) is 12.5 Å². The molecule has 2 rings (SSSR count). The number of ether oxygens (including phenoxy) is 2. The number of hydrogen-bond donors (Lipinski definition) is 2. The van der Waals surface area contributed by atoms with Crippen molar-refractivity contribution in [3.05, 3.63) is 23.3 Å². The Hall–Kier alpha value is -0.970. The van der Waals surface area contributed by atoms with Crippen LogP contribution in [0, 0.1) is 0 Å². The lowest BCUT2D eigenvalue weighted by Gasteiger charge is -2.26. The van der Waals surface area contributed by atoms with Gasteiger partial charge in [0.1, 0.15) is 0 Å². The van der Waals surface area contributed by atoms with Crippen LogP contribution in [-0.2, 0) is 6.42 Å². The first-order valence-corrected chi connectivity index (χ1v) is 5.39. The van der Waals surface area contributed by atoms with E-state index in [9.17, 15) is 5.11 Å². The smallest absolute Gasteiger partial charge is 0.161 e. The van der Waals surface area contributed by atoms with Crippen LogP contribution in [0.25, 0.3) is 0 Å². The van der Waals surface area contributed by atoms with Gasteiger partial charge >= 0.3 is 0 Å². The summed E-state index contributed by atoms with van der Waals surface area (Å²) in [6.07, 6.45) is 0.951. The lowest BCUT2D eigenvalue weighted by Crippen LogP contribution is -2.32. The Balaban J connectivity index is 0.00000144. The number of methoxy groups -OCH3 is 2. The van der Waals surface area contributed by atoms with E-state index < -0.39 is 0 Å². The van der Waals surface area contributed by atoms with Gasteiger partial charge in [-0.1, -0.05) is 0 Å². The highest BCUT2D eigenvalue weighted by molar-refractivity contribution is 5.85. The molecule has 0 aliphatic carbocycles. The summed E-state index contributed by atoms with van der Waals surface area (Å²) in [6, 6.07) is 3.95. The molecule has 1 aliphatic heterocycles. The van der Waals surface area contributed by atoms with Crippen LogP contribution < -0.4 is 14.8 Å². The van der Waals surface area contributed by atoms with E-state index in [4.69, 9.17) is 9.47 Å². The Kier molecular flexibility index (Phi) is 5.05. The highest BCUT2D eigenvalue weighted by Gasteiger charge is 2.21. The Morgan fingerprint density at radius 3 is 2.53 bits per heavy atom. The zero-order chi connectivity index (χ0) is 11.5. The van der Waals surface area contributed by atoms with Crippen LogP contribution in [0.1, 0.15) is 17.2 Å². The third-order valence-electron chi connectivity index (χ3n) is 2.99. The van der Waals surface area contributed by atoms with Crippen molar-refractivity contribution >= 4 is 12.4 Å². The molecular formula is C12H18ClNO3. The maximum Gasteiger partial charge on any atom is 0.161 e. The zero-order valence-corrected chi connectivity index (χ0v) is 10.8. The summed E-state index contributed by atoms with van der Waals surface area (Å²) in [4.78, 5) is 0. The molecule has 1 aromatic carbocycles. The maximum atomic E-state index is 9.29. The topological polar surface area (TPSA) is 50.7 Å². The molecule has 1 unspecified atom stereocenters. The molecule has 0 saturated carbocycles. The fourth-order valence-electron chi connectivity index (χ4n) is 2.13. The van der Waals surface area contributed by atoms with Crippen LogP contribution in [-0.4, -0.2) is 32.5 Å². The van der Waals surface area contributed by atoms with Crippen LogP contribution in [0.15, 0.2) is 12.1 Å². The normalized spacial score (nSPS) is 17.9. The zero-order valence-electron chi connectivity index (χ0n) is 10.0. The Morgan fingerprint density at radius 1 is 1.29 bits per heavy atom. The fraction of sp³-hybridized carbons (Fsp3) is 0.500. The molecule has 96 valence electrons. The number of fused-ring (bicyclic) bond motifs is 1. The molecule has 0 radical (unpaired) electrons. The van der Waals surface area contributed by atoms with E-state index in [1.807, 2.05) is 12.1 Å². The van der Waals surface area contributed by atoms with Crippen molar-refractivity contribution in [3.63, 3.8) is 0 Å². The van der Waals surface area contributed by atoms with Crippen LogP contribution in [0.2, 0.25) is 0 Å². The standard InChI is InChI=1S/C12H17NO3.ClH/c1-15-11-5-8-3-4-13-10(7-14)9(8)6-12(11)16-2;/h5-6,10,13-14H,3-4,7H2,1-2H3;1H. The van der Waals surface area contributed by atoms with Gasteiger partial charge in [0.25, 0.3) is 0 Å². The molecule has 0 fully saturated rings. The molecular weight excluding hydrogens is 242 g/mol. The van der Waals surface area contributed by atoms with Crippen molar-refractivity contribution in [1.29, 1.82) is 0 Å². The molecule has 1 heterocycles. The van der Waals surface area contributed by atoms with Crippen LogP contribution in [0.3, 0.4) is 0 Å². The van der Waals surface area contributed by atoms with Gasteiger partial charge in [0.2, 0.25) is 0 Å². The van der Waals surface area contributed by atoms with E-state index in [0.29, 0.717) is 5.75 Å². The Bertz CT molecular complexity index is 384. The van der Waals surface area contributed by atoms with Gasteiger partial charge in [-0.3, -0.25) is 0 Å². The van der Waals surface area contributed by atoms with Crippen LogP contribution in [0.5, 0.6) is 11.5 Å². The summed E-state index contributed by atoms with van der Waals surface area (Å²) < 4.78 is 10.5. The molecule has 0 bridgehead atoms. The van der Waals surface area contributed by atoms with E-state index in [2.05, 4.69) is 5.32 Å². The van der Waals surface area contributed by atoms with Gasteiger partial charge in [-0.15, -0.1) is 12.4 Å². The van der Waals surface area contributed by atoms with E-state index >= 15 is 0 Å². The summed E-state index contributed by atoms with van der Waals surface area (Å²) in [6.45, 7) is 0.982. The highest BCUT2D eigenvalue weighted by atomic mass is 35.5. The molecule has 0 spiro atoms. The van der Waals surface area contributed by atoms with Gasteiger partial charge in [0.05, 0.1) is 26.9 Å². The average Bonchev–Trinajstić information content (AvgIpc) is 2.36. The molecule has 4 nitrogen and oxygen atoms in total. The van der Waals surface area contributed by atoms with Gasteiger partial charge in [-0.05, 0) is 36.2 Å². The third kappa shape index (κ3) is 2.65. The fourth-order valence-corrected chi connectivity index (χ4v) is 2.13. The lowest BCUT2D eigenvalue weighted by atomic mass is 9.94. The molecule has 1 atom stereocenters. The second-order valence-corrected chi connectivity index (χ2v) is 3.85. The van der Waals surface area contributed by atoms with Crippen LogP contribution >= 0.6 is 12.4 Å². The van der Waals surface area contributed by atoms with Gasteiger partial charge in [0.15, 0.2) is 11.5 Å². The quantitative estimate of drug-likeness (QED) is 0.859. The van der Waals surface area contributed by atoms with Crippen molar-refractivity contribution < 1.29 is 14.6 Å². The maximum absolute atomic E-state index is 9.29. The molecule has 0 saturated heterocycles. The van der Waals surface area contributed by atoms with E-state index in [-0.39, 0.29) is 25.1 Å². The van der Waals surface area contributed by atoms with Gasteiger partial charge < -0.3 is 19.9 Å². The summed E-state index contributed by atoms with van der Waals surface area (Å²) in [5.41, 5.74) is 2.32. The molecule has 17 heavy (non-hydrogen) atoms. The first-order chi connectivity index (χ1) is 7.80. The Morgan fingerprint density at radius 2 is 1.94 bits per heavy atom. The molecule has 1 aromatic rings. The third-order valence-corrected chi connectivity index (χ3v) is 2.99. The number of aliphatic hydroxyl groups is 1. The van der Waals surface area contributed by atoms with Gasteiger partial charge in [-0.2, -0.15) is 0 Å². The molecule has 2 N–H and O–H groups in total. The summed E-state index contributed by atoms with van der Waals surface area (Å²) in [5.74, 6) is 1.46. The average molecular weight is 260 g/mol. The number of halogens is 1. The van der Waals surface area contributed by atoms with Crippen molar-refractivity contribution in [2.24, 2.45) is 0 Å². The second-order valence-electron chi connectivity index (χ2n) is 3.85. The van der Waals surface area contributed by atoms with Crippen LogP contribution in [0.4, 0.5) is 0 Å². The van der Waals surface area contributed by atoms with E-state index in [0.717, 1.165) is 24.3 Å². The highest BCUT2D eigenvalue weighted by Crippen LogP contribution is 2.34. The predicted molar refractivity (Wildman–Crippen MR) is 68.3 cm³/mol. The minimum Gasteiger partial charge on any atom is -0.493 e. The van der Waals surface area contributed by atoms with Gasteiger partial charge in [0, 0.05) is 0 Å². The summed E-state index contributed by atoms with van der Waals surface area (Å²) >= 11 is 0. The first-order valence-electron chi connectivity index (χ1n) is 5.39. The first kappa shape index (κ1) is 14.1. The SMILES string of the molecule is COc1cc2c(cc1OC)C(CO)NCC2.Cl. The minimum atomic E-state index is 0. The van der Waals surface area contributed by atoms with Crippen molar-refractivity contribution in [2.75, 3.05) is 27.4 Å². The largest absolute Gasteiger partial charge is 0.493 e. The molecule has 5 heteroatoms. The summed E-state index contributed by atoms with van der Waals surface area (Å²) in [5, 5.41) is 12.6. The van der Waals surface area contributed by atoms with E-state index in [1.165, 1.54) is 5.56 Å². The molecule has 0 amide bonds. The lowest BCUT2D eigenvalue weighted by molar-refractivity contribution is 0.239. The van der Waals surface area contributed by atoms with Crippen molar-refractivity contribution in [3.8, 4) is 11.5 Å². The number of hydrogen-bond acceptors (Lipinski definition) is 4. The molecule has 1 aliphatic rings. The van der Waals surface area contributed by atoms with E-state index in [1.54, 1.807) is 14.2 Å². The number of benzene rings is 1. The Labute approximate surface area is 107 Å². The summed E-state index contributed by atoms with van der Waals surface area (Å²) in [7, 11) is 3.25.